The van der Waals surface area contributed by atoms with Crippen LogP contribution in [0.15, 0.2) is 58.4 Å². The minimum atomic E-state index is -0.990. The molecule has 162 valence electrons. The molecule has 0 aliphatic carbocycles. The second kappa shape index (κ2) is 8.68. The van der Waals surface area contributed by atoms with Crippen molar-refractivity contribution in [1.29, 1.82) is 0 Å². The first-order chi connectivity index (χ1) is 15.3. The second-order valence-electron chi connectivity index (χ2n) is 7.35. The second-order valence-corrected chi connectivity index (χ2v) is 8.79. The summed E-state index contributed by atoms with van der Waals surface area (Å²) in [5.41, 5.74) is 4.89. The Morgan fingerprint density at radius 3 is 2.66 bits per heavy atom. The van der Waals surface area contributed by atoms with E-state index in [9.17, 15) is 14.7 Å². The van der Waals surface area contributed by atoms with E-state index in [1.807, 2.05) is 43.5 Å². The van der Waals surface area contributed by atoms with Gasteiger partial charge in [-0.05, 0) is 80.1 Å². The summed E-state index contributed by atoms with van der Waals surface area (Å²) in [4.78, 5) is 29.3. The molecule has 1 saturated heterocycles. The van der Waals surface area contributed by atoms with Gasteiger partial charge in [0, 0.05) is 16.4 Å². The van der Waals surface area contributed by atoms with Crippen LogP contribution in [0.2, 0.25) is 5.02 Å². The van der Waals surface area contributed by atoms with Crippen LogP contribution in [0.5, 0.6) is 0 Å². The van der Waals surface area contributed by atoms with E-state index in [0.29, 0.717) is 26.5 Å². The number of hydrogen-bond donors (Lipinski definition) is 2. The third-order valence-corrected chi connectivity index (χ3v) is 6.56. The molecule has 1 amide bonds. The molecule has 2 aromatic carbocycles. The molecule has 0 bridgehead atoms. The van der Waals surface area contributed by atoms with Crippen LogP contribution in [0.25, 0.3) is 11.8 Å². The van der Waals surface area contributed by atoms with Crippen LogP contribution >= 0.6 is 23.4 Å². The summed E-state index contributed by atoms with van der Waals surface area (Å²) in [5.74, 6) is -1.22. The number of nitrogens with zero attached hydrogens (tertiary/aromatic N) is 2. The van der Waals surface area contributed by atoms with Crippen molar-refractivity contribution >= 4 is 52.2 Å². The summed E-state index contributed by atoms with van der Waals surface area (Å²) in [6, 6.07) is 14.2. The molecule has 0 spiro atoms. The van der Waals surface area contributed by atoms with E-state index < -0.39 is 5.97 Å². The molecule has 0 radical (unpaired) electrons. The average molecular weight is 466 g/mol. The molecular weight excluding hydrogens is 446 g/mol. The first kappa shape index (κ1) is 21.9. The van der Waals surface area contributed by atoms with Crippen molar-refractivity contribution in [3.63, 3.8) is 0 Å². The summed E-state index contributed by atoms with van der Waals surface area (Å²) >= 11 is 7.42. The van der Waals surface area contributed by atoms with Gasteiger partial charge in [0.05, 0.1) is 21.8 Å². The third-order valence-electron chi connectivity index (χ3n) is 5.24. The van der Waals surface area contributed by atoms with E-state index in [-0.39, 0.29) is 11.5 Å². The monoisotopic (exact) mass is 465 g/mol. The van der Waals surface area contributed by atoms with Gasteiger partial charge in [0.15, 0.2) is 5.17 Å². The Labute approximate surface area is 194 Å². The number of amides is 1. The topological polar surface area (TPSA) is 83.7 Å². The molecule has 2 N–H and O–H groups in total. The molecule has 32 heavy (non-hydrogen) atoms. The zero-order chi connectivity index (χ0) is 23.0. The number of carbonyl (C=O) groups excluding carboxylic acids is 1. The first-order valence-electron chi connectivity index (χ1n) is 9.82. The maximum absolute atomic E-state index is 12.6. The number of para-hydroxylation sites is 1. The molecule has 0 unspecified atom stereocenters. The molecule has 3 aromatic rings. The Morgan fingerprint density at radius 1 is 1.16 bits per heavy atom. The highest BCUT2D eigenvalue weighted by Crippen LogP contribution is 2.32. The summed E-state index contributed by atoms with van der Waals surface area (Å²) in [7, 11) is 0. The van der Waals surface area contributed by atoms with Gasteiger partial charge in [0.25, 0.3) is 5.91 Å². The number of carboxylic acids is 1. The van der Waals surface area contributed by atoms with Gasteiger partial charge in [0.1, 0.15) is 0 Å². The number of thioether (sulfide) groups is 1. The highest BCUT2D eigenvalue weighted by atomic mass is 35.5. The van der Waals surface area contributed by atoms with Crippen LogP contribution in [0.3, 0.4) is 0 Å². The van der Waals surface area contributed by atoms with Crippen molar-refractivity contribution in [3.8, 4) is 5.69 Å². The van der Waals surface area contributed by atoms with Crippen LogP contribution in [-0.4, -0.2) is 26.7 Å². The fraction of sp³-hybridized carbons (Fsp3) is 0.125. The highest BCUT2D eigenvalue weighted by molar-refractivity contribution is 8.18. The minimum absolute atomic E-state index is 0.216. The number of benzene rings is 2. The third kappa shape index (κ3) is 4.09. The largest absolute Gasteiger partial charge is 0.478 e. The minimum Gasteiger partial charge on any atom is -0.478 e. The summed E-state index contributed by atoms with van der Waals surface area (Å²) in [5, 5.41) is 13.5. The quantitative estimate of drug-likeness (QED) is 0.488. The fourth-order valence-electron chi connectivity index (χ4n) is 3.60. The number of hydrogen-bond acceptors (Lipinski definition) is 4. The van der Waals surface area contributed by atoms with E-state index >= 15 is 0 Å². The van der Waals surface area contributed by atoms with E-state index in [4.69, 9.17) is 11.6 Å². The lowest BCUT2D eigenvalue weighted by molar-refractivity contribution is -0.115. The Bertz CT molecular complexity index is 1320. The van der Waals surface area contributed by atoms with Crippen LogP contribution in [-0.2, 0) is 4.79 Å². The van der Waals surface area contributed by atoms with Crippen LogP contribution in [0.1, 0.15) is 32.9 Å². The van der Waals surface area contributed by atoms with Gasteiger partial charge in [-0.15, -0.1) is 0 Å². The SMILES string of the molecule is Cc1c(Cl)cccc1N=C1NC(=O)/C(=C/c2cc(C)n(-c3ccccc3C(=O)O)c2C)S1. The van der Waals surface area contributed by atoms with Gasteiger partial charge in [-0.25, -0.2) is 9.79 Å². The molecule has 1 aliphatic rings. The predicted molar refractivity (Wildman–Crippen MR) is 129 cm³/mol. The molecular formula is C24H20ClN3O3S. The maximum Gasteiger partial charge on any atom is 0.337 e. The Morgan fingerprint density at radius 2 is 1.91 bits per heavy atom. The molecule has 1 aromatic heterocycles. The fourth-order valence-corrected chi connectivity index (χ4v) is 4.60. The van der Waals surface area contributed by atoms with E-state index in [1.165, 1.54) is 11.8 Å². The van der Waals surface area contributed by atoms with Crippen molar-refractivity contribution in [2.75, 3.05) is 0 Å². The first-order valence-corrected chi connectivity index (χ1v) is 11.0. The van der Waals surface area contributed by atoms with Crippen molar-refractivity contribution in [2.45, 2.75) is 20.8 Å². The number of aromatic nitrogens is 1. The molecule has 0 atom stereocenters. The van der Waals surface area contributed by atoms with Crippen molar-refractivity contribution in [3.05, 3.63) is 86.5 Å². The maximum atomic E-state index is 12.6. The van der Waals surface area contributed by atoms with Crippen LogP contribution in [0.4, 0.5) is 5.69 Å². The number of aliphatic imine (C=N–C) groups is 1. The van der Waals surface area contributed by atoms with Gasteiger partial charge < -0.3 is 15.0 Å². The lowest BCUT2D eigenvalue weighted by atomic mass is 10.1. The normalized spacial score (nSPS) is 16.1. The number of carbonyl (C=O) groups is 2. The Balaban J connectivity index is 1.69. The van der Waals surface area contributed by atoms with Crippen molar-refractivity contribution < 1.29 is 14.7 Å². The smallest absolute Gasteiger partial charge is 0.337 e. The molecule has 4 rings (SSSR count). The summed E-state index contributed by atoms with van der Waals surface area (Å²) < 4.78 is 1.89. The van der Waals surface area contributed by atoms with Gasteiger partial charge in [-0.2, -0.15) is 0 Å². The van der Waals surface area contributed by atoms with Gasteiger partial charge in [-0.1, -0.05) is 29.8 Å². The molecule has 1 fully saturated rings. The summed E-state index contributed by atoms with van der Waals surface area (Å²) in [6.07, 6.45) is 1.80. The number of aryl methyl sites for hydroxylation is 1. The molecule has 0 saturated carbocycles. The molecule has 6 nitrogen and oxygen atoms in total. The lowest BCUT2D eigenvalue weighted by Gasteiger charge is -2.12. The Hall–Kier alpha value is -3.29. The van der Waals surface area contributed by atoms with Crippen molar-refractivity contribution in [2.24, 2.45) is 4.99 Å². The van der Waals surface area contributed by atoms with E-state index in [1.54, 1.807) is 36.4 Å². The number of halogens is 1. The lowest BCUT2D eigenvalue weighted by Crippen LogP contribution is -2.19. The van der Waals surface area contributed by atoms with Crippen molar-refractivity contribution in [1.82, 2.24) is 9.88 Å². The van der Waals surface area contributed by atoms with Gasteiger partial charge >= 0.3 is 5.97 Å². The number of nitrogens with one attached hydrogen (secondary N) is 1. The number of aromatic carboxylic acids is 1. The number of carboxylic acid groups (broad SMARTS) is 1. The van der Waals surface area contributed by atoms with E-state index in [0.717, 1.165) is 22.5 Å². The zero-order valence-electron chi connectivity index (χ0n) is 17.6. The molecule has 2 heterocycles. The number of amidine groups is 1. The standard InChI is InChI=1S/C24H20ClN3O3S/c1-13-11-16(15(3)28(13)20-10-5-4-7-17(20)23(30)31)12-21-22(29)27-24(32-21)26-19-9-6-8-18(25)14(19)2/h4-12H,1-3H3,(H,30,31)(H,26,27,29)/b21-12-. The van der Waals surface area contributed by atoms with Crippen LogP contribution < -0.4 is 5.32 Å². The van der Waals surface area contributed by atoms with Gasteiger partial charge in [0.2, 0.25) is 0 Å². The van der Waals surface area contributed by atoms with Gasteiger partial charge in [-0.3, -0.25) is 4.79 Å². The van der Waals surface area contributed by atoms with Crippen LogP contribution in [0, 0.1) is 20.8 Å². The molecule has 1 aliphatic heterocycles. The zero-order valence-corrected chi connectivity index (χ0v) is 19.2. The number of rotatable bonds is 4. The van der Waals surface area contributed by atoms with E-state index in [2.05, 4.69) is 10.3 Å². The predicted octanol–water partition coefficient (Wildman–Crippen LogP) is 5.65. The summed E-state index contributed by atoms with van der Waals surface area (Å²) in [6.45, 7) is 5.69. The Kier molecular flexibility index (Phi) is 5.95. The molecule has 8 heteroatoms. The highest BCUT2D eigenvalue weighted by Gasteiger charge is 2.25. The average Bonchev–Trinajstić information content (AvgIpc) is 3.23.